The monoisotopic (exact) mass is 443 g/mol. The van der Waals surface area contributed by atoms with Gasteiger partial charge in [0.25, 0.3) is 5.91 Å². The van der Waals surface area contributed by atoms with Crippen LogP contribution in [0.15, 0.2) is 60.8 Å². The Hall–Kier alpha value is -3.03. The number of carbonyl (C=O) groups excluding carboxylic acids is 1. The number of thiazole rings is 1. The second kappa shape index (κ2) is 8.15. The van der Waals surface area contributed by atoms with E-state index in [1.54, 1.807) is 17.5 Å². The number of amides is 1. The number of aromatic nitrogens is 3. The van der Waals surface area contributed by atoms with Gasteiger partial charge < -0.3 is 4.90 Å². The van der Waals surface area contributed by atoms with Crippen LogP contribution in [0.25, 0.3) is 15.9 Å². The molecule has 32 heavy (non-hydrogen) atoms. The zero-order chi connectivity index (χ0) is 21.5. The molecule has 0 N–H and O–H groups in total. The van der Waals surface area contributed by atoms with Crippen molar-refractivity contribution < 1.29 is 4.79 Å². The average molecular weight is 444 g/mol. The second-order valence-electron chi connectivity index (χ2n) is 8.61. The molecule has 1 saturated heterocycles. The van der Waals surface area contributed by atoms with E-state index in [0.717, 1.165) is 73.0 Å². The number of hydrogen-bond donors (Lipinski definition) is 0. The summed E-state index contributed by atoms with van der Waals surface area (Å²) in [6, 6.07) is 18.4. The van der Waals surface area contributed by atoms with Gasteiger partial charge in [0, 0.05) is 32.1 Å². The number of nitrogens with zero attached hydrogens (tertiary/aromatic N) is 5. The molecule has 0 radical (unpaired) electrons. The fraction of sp³-hybridized carbons (Fsp3) is 0.320. The summed E-state index contributed by atoms with van der Waals surface area (Å²) in [7, 11) is 0. The number of carbonyl (C=O) groups is 1. The first-order valence-corrected chi connectivity index (χ1v) is 12.1. The van der Waals surface area contributed by atoms with E-state index in [9.17, 15) is 4.79 Å². The van der Waals surface area contributed by atoms with E-state index in [2.05, 4.69) is 28.2 Å². The third-order valence-corrected chi connectivity index (χ3v) is 7.38. The normalized spacial score (nSPS) is 17.2. The third-order valence-electron chi connectivity index (χ3n) is 6.36. The van der Waals surface area contributed by atoms with Crippen LogP contribution < -0.4 is 0 Å². The van der Waals surface area contributed by atoms with E-state index < -0.39 is 0 Å². The van der Waals surface area contributed by atoms with Crippen LogP contribution in [0.4, 0.5) is 0 Å². The van der Waals surface area contributed by atoms with Crippen LogP contribution in [0, 0.1) is 0 Å². The van der Waals surface area contributed by atoms with Gasteiger partial charge in [-0.1, -0.05) is 30.3 Å². The maximum atomic E-state index is 13.4. The summed E-state index contributed by atoms with van der Waals surface area (Å²) < 4.78 is 3.20. The topological polar surface area (TPSA) is 54.3 Å². The summed E-state index contributed by atoms with van der Waals surface area (Å²) in [4.78, 5) is 22.6. The summed E-state index contributed by atoms with van der Waals surface area (Å²) in [6.45, 7) is 4.07. The number of para-hydroxylation sites is 2. The lowest BCUT2D eigenvalue weighted by Gasteiger charge is -2.34. The van der Waals surface area contributed by atoms with Crippen molar-refractivity contribution in [1.82, 2.24) is 24.6 Å². The van der Waals surface area contributed by atoms with E-state index in [1.807, 2.05) is 46.0 Å². The van der Waals surface area contributed by atoms with Gasteiger partial charge in [-0.05, 0) is 37.1 Å². The van der Waals surface area contributed by atoms with Gasteiger partial charge >= 0.3 is 0 Å². The van der Waals surface area contributed by atoms with Crippen molar-refractivity contribution in [3.05, 3.63) is 77.1 Å². The molecule has 1 aliphatic carbocycles. The molecule has 6 rings (SSSR count). The van der Waals surface area contributed by atoms with Gasteiger partial charge in [0.05, 0.1) is 39.9 Å². The Morgan fingerprint density at radius 2 is 1.72 bits per heavy atom. The highest BCUT2D eigenvalue weighted by Crippen LogP contribution is 2.42. The summed E-state index contributed by atoms with van der Waals surface area (Å²) in [5, 5.41) is 5.75. The molecule has 162 valence electrons. The van der Waals surface area contributed by atoms with E-state index >= 15 is 0 Å². The standard InChI is InChI=1S/C25H25N5OS/c31-25(20-16-26-30(24(20)18-10-11-18)19-6-2-1-3-7-19)29-14-12-28(13-15-29)17-23-27-21-8-4-5-9-22(21)32-23/h1-9,16,18H,10-15,17H2. The first-order valence-electron chi connectivity index (χ1n) is 11.3. The Balaban J connectivity index is 1.15. The molecule has 1 aliphatic heterocycles. The Morgan fingerprint density at radius 3 is 2.47 bits per heavy atom. The summed E-state index contributed by atoms with van der Waals surface area (Å²) in [5.74, 6) is 0.561. The van der Waals surface area contributed by atoms with Gasteiger partial charge in [0.1, 0.15) is 5.01 Å². The molecule has 3 heterocycles. The van der Waals surface area contributed by atoms with Crippen LogP contribution in [0.2, 0.25) is 0 Å². The molecule has 6 nitrogen and oxygen atoms in total. The molecule has 1 amide bonds. The van der Waals surface area contributed by atoms with Crippen molar-refractivity contribution in [3.63, 3.8) is 0 Å². The largest absolute Gasteiger partial charge is 0.336 e. The van der Waals surface area contributed by atoms with Gasteiger partial charge in [-0.3, -0.25) is 9.69 Å². The van der Waals surface area contributed by atoms with Gasteiger partial charge in [0.15, 0.2) is 0 Å². The van der Waals surface area contributed by atoms with E-state index in [-0.39, 0.29) is 5.91 Å². The van der Waals surface area contributed by atoms with Gasteiger partial charge in [-0.25, -0.2) is 9.67 Å². The minimum absolute atomic E-state index is 0.119. The fourth-order valence-corrected chi connectivity index (χ4v) is 5.52. The fourth-order valence-electron chi connectivity index (χ4n) is 4.51. The lowest BCUT2D eigenvalue weighted by molar-refractivity contribution is 0.0627. The lowest BCUT2D eigenvalue weighted by atomic mass is 10.1. The lowest BCUT2D eigenvalue weighted by Crippen LogP contribution is -2.48. The molecule has 4 aromatic rings. The molecule has 0 unspecified atom stereocenters. The molecule has 0 bridgehead atoms. The maximum absolute atomic E-state index is 13.4. The van der Waals surface area contributed by atoms with E-state index in [0.29, 0.717) is 5.92 Å². The van der Waals surface area contributed by atoms with Gasteiger partial charge in [-0.15, -0.1) is 11.3 Å². The first-order chi connectivity index (χ1) is 15.8. The highest BCUT2D eigenvalue weighted by atomic mass is 32.1. The minimum atomic E-state index is 0.119. The highest BCUT2D eigenvalue weighted by molar-refractivity contribution is 7.18. The van der Waals surface area contributed by atoms with Crippen molar-refractivity contribution in [1.29, 1.82) is 0 Å². The van der Waals surface area contributed by atoms with Crippen LogP contribution in [0.5, 0.6) is 0 Å². The van der Waals surface area contributed by atoms with Gasteiger partial charge in [-0.2, -0.15) is 5.10 Å². The van der Waals surface area contributed by atoms with Crippen molar-refractivity contribution >= 4 is 27.5 Å². The Bertz CT molecular complexity index is 1220. The molecule has 1 saturated carbocycles. The third kappa shape index (κ3) is 3.72. The predicted octanol–water partition coefficient (Wildman–Crippen LogP) is 4.32. The average Bonchev–Trinajstić information content (AvgIpc) is 3.44. The molecule has 2 aromatic carbocycles. The zero-order valence-corrected chi connectivity index (χ0v) is 18.7. The number of piperazine rings is 1. The number of benzene rings is 2. The van der Waals surface area contributed by atoms with E-state index in [1.165, 1.54) is 4.70 Å². The molecule has 2 aliphatic rings. The van der Waals surface area contributed by atoms with Crippen LogP contribution >= 0.6 is 11.3 Å². The van der Waals surface area contributed by atoms with Crippen LogP contribution in [-0.4, -0.2) is 56.7 Å². The van der Waals surface area contributed by atoms with Gasteiger partial charge in [0.2, 0.25) is 0 Å². The molecular formula is C25H25N5OS. The molecule has 2 aromatic heterocycles. The molecule has 0 spiro atoms. The number of hydrogen-bond acceptors (Lipinski definition) is 5. The Labute approximate surface area is 191 Å². The van der Waals surface area contributed by atoms with Crippen molar-refractivity contribution in [2.45, 2.75) is 25.3 Å². The molecule has 2 fully saturated rings. The smallest absolute Gasteiger partial charge is 0.257 e. The molecule has 0 atom stereocenters. The summed E-state index contributed by atoms with van der Waals surface area (Å²) in [6.07, 6.45) is 4.04. The number of rotatable bonds is 5. The van der Waals surface area contributed by atoms with Crippen molar-refractivity contribution in [2.75, 3.05) is 26.2 Å². The van der Waals surface area contributed by atoms with Crippen LogP contribution in [0.1, 0.15) is 39.8 Å². The van der Waals surface area contributed by atoms with Crippen molar-refractivity contribution in [2.24, 2.45) is 0 Å². The number of fused-ring (bicyclic) bond motifs is 1. The Kier molecular flexibility index (Phi) is 5.00. The van der Waals surface area contributed by atoms with Crippen molar-refractivity contribution in [3.8, 4) is 5.69 Å². The quantitative estimate of drug-likeness (QED) is 0.461. The van der Waals surface area contributed by atoms with E-state index in [4.69, 9.17) is 4.98 Å². The minimum Gasteiger partial charge on any atom is -0.336 e. The SMILES string of the molecule is O=C(c1cnn(-c2ccccc2)c1C1CC1)N1CCN(Cc2nc3ccccc3s2)CC1. The summed E-state index contributed by atoms with van der Waals surface area (Å²) >= 11 is 1.76. The molecular weight excluding hydrogens is 418 g/mol. The molecule has 7 heteroatoms. The maximum Gasteiger partial charge on any atom is 0.257 e. The Morgan fingerprint density at radius 1 is 0.969 bits per heavy atom. The first kappa shape index (κ1) is 19.6. The van der Waals surface area contributed by atoms with Crippen LogP contribution in [-0.2, 0) is 6.54 Å². The van der Waals surface area contributed by atoms with Crippen LogP contribution in [0.3, 0.4) is 0 Å². The second-order valence-corrected chi connectivity index (χ2v) is 9.72. The summed E-state index contributed by atoms with van der Waals surface area (Å²) in [5.41, 5.74) is 3.95. The predicted molar refractivity (Wildman–Crippen MR) is 126 cm³/mol. The zero-order valence-electron chi connectivity index (χ0n) is 17.9. The highest BCUT2D eigenvalue weighted by Gasteiger charge is 2.35.